The van der Waals surface area contributed by atoms with Crippen molar-refractivity contribution in [2.24, 2.45) is 5.41 Å². The third kappa shape index (κ3) is 3.30. The van der Waals surface area contributed by atoms with Crippen molar-refractivity contribution in [1.29, 1.82) is 0 Å². The Labute approximate surface area is 117 Å². The molecule has 1 aromatic rings. The molecule has 0 spiro atoms. The van der Waals surface area contributed by atoms with E-state index in [0.29, 0.717) is 17.5 Å². The fourth-order valence-corrected chi connectivity index (χ4v) is 3.22. The van der Waals surface area contributed by atoms with E-state index in [0.717, 1.165) is 5.75 Å². The Morgan fingerprint density at radius 1 is 1.26 bits per heavy atom. The molecular formula is C17H27NO. The smallest absolute Gasteiger partial charge is 0.123 e. The lowest BCUT2D eigenvalue weighted by molar-refractivity contribution is 0.157. The molecule has 19 heavy (non-hydrogen) atoms. The van der Waals surface area contributed by atoms with Crippen molar-refractivity contribution in [3.8, 4) is 5.75 Å². The maximum Gasteiger partial charge on any atom is 0.123 e. The molecule has 0 radical (unpaired) electrons. The zero-order valence-electron chi connectivity index (χ0n) is 12.7. The Morgan fingerprint density at radius 3 is 2.68 bits per heavy atom. The van der Waals surface area contributed by atoms with Gasteiger partial charge in [0.05, 0.1) is 7.11 Å². The van der Waals surface area contributed by atoms with Crippen LogP contribution in [0.2, 0.25) is 0 Å². The summed E-state index contributed by atoms with van der Waals surface area (Å²) in [5.74, 6) is 0.983. The summed E-state index contributed by atoms with van der Waals surface area (Å²) >= 11 is 0. The molecule has 1 aliphatic rings. The van der Waals surface area contributed by atoms with Gasteiger partial charge in [0.25, 0.3) is 0 Å². The van der Waals surface area contributed by atoms with Crippen LogP contribution in [0.25, 0.3) is 0 Å². The number of ether oxygens (including phenoxy) is 1. The standard InChI is InChI=1S/C17H27NO/c1-13(14-9-5-6-10-15(14)19-4)18-16-11-7-8-12-17(16,2)3/h5-6,9-10,13,16,18H,7-8,11-12H2,1-4H3/t13-,16?/m1/s1. The Morgan fingerprint density at radius 2 is 2.00 bits per heavy atom. The predicted molar refractivity (Wildman–Crippen MR) is 80.6 cm³/mol. The summed E-state index contributed by atoms with van der Waals surface area (Å²) in [5.41, 5.74) is 1.65. The minimum Gasteiger partial charge on any atom is -0.496 e. The highest BCUT2D eigenvalue weighted by atomic mass is 16.5. The molecule has 1 N–H and O–H groups in total. The second-order valence-corrected chi connectivity index (χ2v) is 6.42. The van der Waals surface area contributed by atoms with E-state index in [-0.39, 0.29) is 0 Å². The second kappa shape index (κ2) is 5.96. The van der Waals surface area contributed by atoms with Gasteiger partial charge < -0.3 is 10.1 Å². The highest BCUT2D eigenvalue weighted by molar-refractivity contribution is 5.35. The summed E-state index contributed by atoms with van der Waals surface area (Å²) in [5, 5.41) is 3.82. The van der Waals surface area contributed by atoms with Gasteiger partial charge in [0, 0.05) is 17.6 Å². The van der Waals surface area contributed by atoms with Gasteiger partial charge in [-0.2, -0.15) is 0 Å². The van der Waals surface area contributed by atoms with Gasteiger partial charge in [0.1, 0.15) is 5.75 Å². The van der Waals surface area contributed by atoms with Crippen molar-refractivity contribution in [2.45, 2.75) is 58.5 Å². The topological polar surface area (TPSA) is 21.3 Å². The van der Waals surface area contributed by atoms with Crippen LogP contribution in [0.15, 0.2) is 24.3 Å². The first-order valence-electron chi connectivity index (χ1n) is 7.43. The van der Waals surface area contributed by atoms with E-state index in [1.807, 2.05) is 12.1 Å². The van der Waals surface area contributed by atoms with Crippen LogP contribution >= 0.6 is 0 Å². The zero-order valence-corrected chi connectivity index (χ0v) is 12.7. The number of benzene rings is 1. The van der Waals surface area contributed by atoms with Gasteiger partial charge in [0.15, 0.2) is 0 Å². The van der Waals surface area contributed by atoms with Gasteiger partial charge in [-0.15, -0.1) is 0 Å². The predicted octanol–water partition coefficient (Wildman–Crippen LogP) is 4.31. The first kappa shape index (κ1) is 14.4. The fraction of sp³-hybridized carbons (Fsp3) is 0.647. The van der Waals surface area contributed by atoms with Crippen LogP contribution in [-0.4, -0.2) is 13.2 Å². The molecule has 0 saturated heterocycles. The first-order chi connectivity index (χ1) is 9.04. The maximum absolute atomic E-state index is 5.47. The van der Waals surface area contributed by atoms with Crippen LogP contribution in [0, 0.1) is 5.41 Å². The van der Waals surface area contributed by atoms with E-state index < -0.39 is 0 Å². The number of methoxy groups -OCH3 is 1. The summed E-state index contributed by atoms with van der Waals surface area (Å²) in [6.45, 7) is 7.01. The monoisotopic (exact) mass is 261 g/mol. The molecule has 2 rings (SSSR count). The average Bonchev–Trinajstić information content (AvgIpc) is 2.41. The third-order valence-electron chi connectivity index (χ3n) is 4.56. The molecule has 1 fully saturated rings. The zero-order chi connectivity index (χ0) is 13.9. The highest BCUT2D eigenvalue weighted by Gasteiger charge is 2.33. The van der Waals surface area contributed by atoms with E-state index in [1.165, 1.54) is 31.2 Å². The Bertz CT molecular complexity index is 413. The number of rotatable bonds is 4. The number of para-hydroxylation sites is 1. The van der Waals surface area contributed by atoms with Crippen molar-refractivity contribution >= 4 is 0 Å². The number of hydrogen-bond acceptors (Lipinski definition) is 2. The Balaban J connectivity index is 2.09. The lowest BCUT2D eigenvalue weighted by Crippen LogP contribution is -2.45. The summed E-state index contributed by atoms with van der Waals surface area (Å²) in [6, 6.07) is 9.24. The van der Waals surface area contributed by atoms with Crippen LogP contribution in [0.3, 0.4) is 0 Å². The van der Waals surface area contributed by atoms with Crippen LogP contribution in [0.1, 0.15) is 58.1 Å². The van der Waals surface area contributed by atoms with E-state index in [4.69, 9.17) is 4.74 Å². The third-order valence-corrected chi connectivity index (χ3v) is 4.56. The summed E-state index contributed by atoms with van der Waals surface area (Å²) in [6.07, 6.45) is 5.32. The van der Waals surface area contributed by atoms with Gasteiger partial charge in [0.2, 0.25) is 0 Å². The molecule has 1 unspecified atom stereocenters. The van der Waals surface area contributed by atoms with Crippen molar-refractivity contribution in [3.63, 3.8) is 0 Å². The number of hydrogen-bond donors (Lipinski definition) is 1. The molecule has 0 aliphatic heterocycles. The van der Waals surface area contributed by atoms with Crippen molar-refractivity contribution < 1.29 is 4.74 Å². The van der Waals surface area contributed by atoms with Gasteiger partial charge in [-0.05, 0) is 31.2 Å². The van der Waals surface area contributed by atoms with E-state index in [2.05, 4.69) is 38.2 Å². The Kier molecular flexibility index (Phi) is 4.51. The van der Waals surface area contributed by atoms with Gasteiger partial charge in [-0.25, -0.2) is 0 Å². The largest absolute Gasteiger partial charge is 0.496 e. The normalized spacial score (nSPS) is 23.9. The first-order valence-corrected chi connectivity index (χ1v) is 7.43. The van der Waals surface area contributed by atoms with E-state index >= 15 is 0 Å². The van der Waals surface area contributed by atoms with Gasteiger partial charge in [-0.1, -0.05) is 44.9 Å². The van der Waals surface area contributed by atoms with E-state index in [9.17, 15) is 0 Å². The molecule has 2 atom stereocenters. The summed E-state index contributed by atoms with van der Waals surface area (Å²) in [4.78, 5) is 0. The van der Waals surface area contributed by atoms with Gasteiger partial charge in [-0.3, -0.25) is 0 Å². The van der Waals surface area contributed by atoms with Crippen LogP contribution in [0.5, 0.6) is 5.75 Å². The lowest BCUT2D eigenvalue weighted by Gasteiger charge is -2.41. The molecule has 1 aromatic carbocycles. The molecule has 0 heterocycles. The van der Waals surface area contributed by atoms with E-state index in [1.54, 1.807) is 7.11 Å². The van der Waals surface area contributed by atoms with Crippen molar-refractivity contribution in [2.75, 3.05) is 7.11 Å². The lowest BCUT2D eigenvalue weighted by atomic mass is 9.73. The summed E-state index contributed by atoms with van der Waals surface area (Å²) < 4.78 is 5.47. The second-order valence-electron chi connectivity index (χ2n) is 6.42. The minimum atomic E-state index is 0.332. The van der Waals surface area contributed by atoms with Gasteiger partial charge >= 0.3 is 0 Å². The highest BCUT2D eigenvalue weighted by Crippen LogP contribution is 2.37. The minimum absolute atomic E-state index is 0.332. The van der Waals surface area contributed by atoms with Crippen molar-refractivity contribution in [3.05, 3.63) is 29.8 Å². The average molecular weight is 261 g/mol. The molecule has 0 bridgehead atoms. The molecule has 0 amide bonds. The molecule has 0 aromatic heterocycles. The molecule has 1 saturated carbocycles. The SMILES string of the molecule is COc1ccccc1[C@@H](C)NC1CCCCC1(C)C. The van der Waals surface area contributed by atoms with Crippen LogP contribution < -0.4 is 10.1 Å². The van der Waals surface area contributed by atoms with Crippen LogP contribution in [0.4, 0.5) is 0 Å². The molecule has 106 valence electrons. The molecular weight excluding hydrogens is 234 g/mol. The molecule has 1 aliphatic carbocycles. The maximum atomic E-state index is 5.47. The fourth-order valence-electron chi connectivity index (χ4n) is 3.22. The van der Waals surface area contributed by atoms with Crippen molar-refractivity contribution in [1.82, 2.24) is 5.32 Å². The number of nitrogens with one attached hydrogen (secondary N) is 1. The molecule has 2 nitrogen and oxygen atoms in total. The Hall–Kier alpha value is -1.02. The quantitative estimate of drug-likeness (QED) is 0.871. The van der Waals surface area contributed by atoms with Crippen LogP contribution in [-0.2, 0) is 0 Å². The summed E-state index contributed by atoms with van der Waals surface area (Å²) in [7, 11) is 1.75. The molecule has 2 heteroatoms.